The van der Waals surface area contributed by atoms with Crippen molar-refractivity contribution < 1.29 is 18.7 Å². The van der Waals surface area contributed by atoms with E-state index in [1.807, 2.05) is 0 Å². The number of likely N-dealkylation sites (N-methyl/N-ethyl adjacent to an activating group) is 1. The molecule has 1 aromatic carbocycles. The summed E-state index contributed by atoms with van der Waals surface area (Å²) in [5.41, 5.74) is 1.32. The third-order valence-electron chi connectivity index (χ3n) is 5.16. The molecule has 0 atom stereocenters. The molecule has 4 rings (SSSR count). The minimum absolute atomic E-state index is 0.0171. The number of benzene rings is 1. The van der Waals surface area contributed by atoms with Crippen molar-refractivity contribution in [2.75, 3.05) is 34.4 Å². The van der Waals surface area contributed by atoms with Gasteiger partial charge in [0, 0.05) is 45.5 Å². The first kappa shape index (κ1) is 21.8. The van der Waals surface area contributed by atoms with Crippen LogP contribution in [0.3, 0.4) is 0 Å². The van der Waals surface area contributed by atoms with Crippen molar-refractivity contribution in [2.24, 2.45) is 7.05 Å². The van der Waals surface area contributed by atoms with E-state index in [0.717, 1.165) is 0 Å². The predicted octanol–water partition coefficient (Wildman–Crippen LogP) is 2.67. The van der Waals surface area contributed by atoms with Gasteiger partial charge in [-0.05, 0) is 6.07 Å². The number of carbonyl (C=O) groups excluding carboxylic acids is 1. The molecular weight excluding hydrogens is 441 g/mol. The first-order valence-corrected chi connectivity index (χ1v) is 9.96. The topological polar surface area (TPSA) is 103 Å². The number of halogens is 2. The van der Waals surface area contributed by atoms with Crippen LogP contribution < -0.4 is 4.74 Å². The van der Waals surface area contributed by atoms with Gasteiger partial charge in [0.15, 0.2) is 11.6 Å². The lowest BCUT2D eigenvalue weighted by Gasteiger charge is -2.13. The van der Waals surface area contributed by atoms with E-state index in [1.165, 1.54) is 12.0 Å². The Hall–Kier alpha value is -3.44. The van der Waals surface area contributed by atoms with E-state index < -0.39 is 5.82 Å². The summed E-state index contributed by atoms with van der Waals surface area (Å²) >= 11 is 6.17. The number of imidazole rings is 1. The van der Waals surface area contributed by atoms with Gasteiger partial charge < -0.3 is 23.5 Å². The average Bonchev–Trinajstić information content (AvgIpc) is 3.53. The second-order valence-electron chi connectivity index (χ2n) is 7.06. The maximum Gasteiger partial charge on any atom is 0.293 e. The zero-order chi connectivity index (χ0) is 23.0. The first-order chi connectivity index (χ1) is 15.4. The Kier molecular flexibility index (Phi) is 5.85. The molecule has 168 valence electrons. The van der Waals surface area contributed by atoms with Crippen LogP contribution in [0.25, 0.3) is 28.1 Å². The van der Waals surface area contributed by atoms with Crippen LogP contribution in [-0.4, -0.2) is 74.5 Å². The quantitative estimate of drug-likeness (QED) is 0.454. The lowest BCUT2D eigenvalue weighted by Crippen LogP contribution is -2.30. The van der Waals surface area contributed by atoms with E-state index in [2.05, 4.69) is 20.2 Å². The number of fused-ring (bicyclic) bond motifs is 1. The van der Waals surface area contributed by atoms with Crippen LogP contribution in [0.4, 0.5) is 4.39 Å². The van der Waals surface area contributed by atoms with Gasteiger partial charge in [-0.2, -0.15) is 0 Å². The number of ether oxygens (including phenoxy) is 2. The second kappa shape index (κ2) is 8.60. The molecule has 0 aliphatic heterocycles. The molecule has 12 heteroatoms. The monoisotopic (exact) mass is 461 g/mol. The minimum Gasteiger partial charge on any atom is -0.495 e. The van der Waals surface area contributed by atoms with Crippen molar-refractivity contribution in [2.45, 2.75) is 0 Å². The van der Waals surface area contributed by atoms with Gasteiger partial charge in [-0.25, -0.2) is 14.4 Å². The molecule has 1 N–H and O–H groups in total. The number of hydrogen-bond acceptors (Lipinski definition) is 6. The number of amides is 1. The van der Waals surface area contributed by atoms with Crippen LogP contribution in [0, 0.1) is 5.82 Å². The number of methoxy groups -OCH3 is 2. The van der Waals surface area contributed by atoms with E-state index in [9.17, 15) is 4.79 Å². The van der Waals surface area contributed by atoms with Crippen LogP contribution in [0.15, 0.2) is 24.8 Å². The van der Waals surface area contributed by atoms with E-state index >= 15 is 4.39 Å². The van der Waals surface area contributed by atoms with E-state index in [4.69, 9.17) is 21.1 Å². The Morgan fingerprint density at radius 1 is 1.38 bits per heavy atom. The zero-order valence-corrected chi connectivity index (χ0v) is 18.6. The first-order valence-electron chi connectivity index (χ1n) is 9.58. The average molecular weight is 462 g/mol. The summed E-state index contributed by atoms with van der Waals surface area (Å²) < 4.78 is 28.8. The Morgan fingerprint density at radius 2 is 2.16 bits per heavy atom. The highest BCUT2D eigenvalue weighted by Gasteiger charge is 2.27. The summed E-state index contributed by atoms with van der Waals surface area (Å²) in [4.78, 5) is 22.6. The fourth-order valence-electron chi connectivity index (χ4n) is 3.54. The molecule has 0 aliphatic carbocycles. The Labute approximate surface area is 187 Å². The fraction of sp³-hybridized carbons (Fsp3) is 0.300. The van der Waals surface area contributed by atoms with Gasteiger partial charge >= 0.3 is 0 Å². The summed E-state index contributed by atoms with van der Waals surface area (Å²) in [5, 5.41) is 7.28. The van der Waals surface area contributed by atoms with E-state index in [0.29, 0.717) is 29.9 Å². The molecule has 0 radical (unpaired) electrons. The van der Waals surface area contributed by atoms with Crippen molar-refractivity contribution in [3.05, 3.63) is 41.5 Å². The molecule has 1 amide bonds. The molecule has 0 aliphatic rings. The summed E-state index contributed by atoms with van der Waals surface area (Å²) in [6.07, 6.45) is 4.91. The number of aryl methyl sites for hydroxylation is 1. The van der Waals surface area contributed by atoms with Gasteiger partial charge in [0.1, 0.15) is 16.5 Å². The fourth-order valence-corrected chi connectivity index (χ4v) is 3.76. The number of aromatic nitrogens is 6. The molecule has 0 bridgehead atoms. The van der Waals surface area contributed by atoms with Gasteiger partial charge in [-0.1, -0.05) is 11.6 Å². The van der Waals surface area contributed by atoms with Gasteiger partial charge in [-0.3, -0.25) is 9.89 Å². The molecule has 10 nitrogen and oxygen atoms in total. The van der Waals surface area contributed by atoms with Crippen molar-refractivity contribution >= 4 is 28.4 Å². The molecule has 4 aromatic rings. The standard InChI is InChI=1S/C20H21ClFN7O3/c1-27(7-8-31-3)20(30)19-24-18(25-26-19)17-16(29-6-5-23-10-29)11-9-12(32-4)13(21)14(22)15(11)28(17)2/h5-6,9-10H,7-8H2,1-4H3,(H,24,25,26). The third kappa shape index (κ3) is 3.49. The van der Waals surface area contributed by atoms with E-state index in [1.54, 1.807) is 55.1 Å². The van der Waals surface area contributed by atoms with Crippen LogP contribution >= 0.6 is 11.6 Å². The number of nitrogens with one attached hydrogen (secondary N) is 1. The third-order valence-corrected chi connectivity index (χ3v) is 5.51. The molecule has 3 aromatic heterocycles. The van der Waals surface area contributed by atoms with Crippen molar-refractivity contribution in [1.29, 1.82) is 0 Å². The van der Waals surface area contributed by atoms with Crippen molar-refractivity contribution in [3.63, 3.8) is 0 Å². The Balaban J connectivity index is 1.91. The molecule has 0 saturated heterocycles. The molecule has 32 heavy (non-hydrogen) atoms. The highest BCUT2D eigenvalue weighted by atomic mass is 35.5. The number of hydrogen-bond donors (Lipinski definition) is 1. The van der Waals surface area contributed by atoms with Crippen LogP contribution in [0.2, 0.25) is 5.02 Å². The lowest BCUT2D eigenvalue weighted by molar-refractivity contribution is 0.0733. The highest BCUT2D eigenvalue weighted by molar-refractivity contribution is 6.33. The lowest BCUT2D eigenvalue weighted by atomic mass is 10.2. The van der Waals surface area contributed by atoms with Crippen LogP contribution in [0.5, 0.6) is 5.75 Å². The van der Waals surface area contributed by atoms with Gasteiger partial charge in [0.05, 0.1) is 31.2 Å². The van der Waals surface area contributed by atoms with Crippen LogP contribution in [0.1, 0.15) is 10.6 Å². The summed E-state index contributed by atoms with van der Waals surface area (Å²) in [7, 11) is 6.29. The molecule has 0 spiro atoms. The van der Waals surface area contributed by atoms with Crippen molar-refractivity contribution in [1.82, 2.24) is 34.2 Å². The molecular formula is C20H21ClFN7O3. The molecule has 0 saturated carbocycles. The number of rotatable bonds is 7. The number of carbonyl (C=O) groups is 1. The largest absolute Gasteiger partial charge is 0.495 e. The number of nitrogens with zero attached hydrogens (tertiary/aromatic N) is 6. The maximum absolute atomic E-state index is 15.2. The number of H-pyrrole nitrogens is 1. The van der Waals surface area contributed by atoms with Crippen LogP contribution in [-0.2, 0) is 11.8 Å². The smallest absolute Gasteiger partial charge is 0.293 e. The number of aromatic amines is 1. The Bertz CT molecular complexity index is 1280. The van der Waals surface area contributed by atoms with Gasteiger partial charge in [0.2, 0.25) is 5.82 Å². The molecule has 0 unspecified atom stereocenters. The van der Waals surface area contributed by atoms with Gasteiger partial charge in [0.25, 0.3) is 5.91 Å². The summed E-state index contributed by atoms with van der Waals surface area (Å²) in [6.45, 7) is 0.770. The zero-order valence-electron chi connectivity index (χ0n) is 17.9. The molecule has 3 heterocycles. The Morgan fingerprint density at radius 3 is 2.81 bits per heavy atom. The van der Waals surface area contributed by atoms with Crippen molar-refractivity contribution in [3.8, 4) is 23.0 Å². The summed E-state index contributed by atoms with van der Waals surface area (Å²) in [5.74, 6) is -0.542. The summed E-state index contributed by atoms with van der Waals surface area (Å²) in [6, 6.07) is 1.65. The maximum atomic E-state index is 15.2. The SMILES string of the molecule is COCCN(C)C(=O)c1n[nH]c(-c2c(-n3ccnc3)c3cc(OC)c(Cl)c(F)c3n2C)n1. The van der Waals surface area contributed by atoms with Gasteiger partial charge in [-0.15, -0.1) is 5.10 Å². The van der Waals surface area contributed by atoms with E-state index in [-0.39, 0.29) is 33.8 Å². The predicted molar refractivity (Wildman–Crippen MR) is 116 cm³/mol. The second-order valence-corrected chi connectivity index (χ2v) is 7.43. The molecule has 0 fully saturated rings. The minimum atomic E-state index is -0.633. The highest BCUT2D eigenvalue weighted by Crippen LogP contribution is 2.41. The normalized spacial score (nSPS) is 11.3.